The number of carbonyl (C=O) groups excluding carboxylic acids is 5. The fourth-order valence-electron chi connectivity index (χ4n) is 4.65. The molecule has 3 aliphatic heterocycles. The van der Waals surface area contributed by atoms with Gasteiger partial charge in [-0.2, -0.15) is 0 Å². The molecule has 3 heterocycles. The summed E-state index contributed by atoms with van der Waals surface area (Å²) in [4.78, 5) is 64.5. The quantitative estimate of drug-likeness (QED) is 0.376. The summed E-state index contributed by atoms with van der Waals surface area (Å²) in [7, 11) is -4.64. The Morgan fingerprint density at radius 3 is 2.41 bits per heavy atom. The minimum Gasteiger partial charge on any atom is -0.465 e. The van der Waals surface area contributed by atoms with Gasteiger partial charge in [-0.15, -0.1) is 0 Å². The van der Waals surface area contributed by atoms with Crippen LogP contribution in [0.2, 0.25) is 0 Å². The maximum Gasteiger partial charge on any atom is 0.338 e. The summed E-state index contributed by atoms with van der Waals surface area (Å²) in [5.74, 6) is -3.83. The lowest BCUT2D eigenvalue weighted by Crippen LogP contribution is -2.54. The summed E-state index contributed by atoms with van der Waals surface area (Å²) in [6.45, 7) is 2.59. The van der Waals surface area contributed by atoms with E-state index in [4.69, 9.17) is 9.47 Å². The molecule has 0 aromatic heterocycles. The molecular formula is C22H24N2O9S. The van der Waals surface area contributed by atoms with E-state index in [1.807, 2.05) is 0 Å². The van der Waals surface area contributed by atoms with Crippen molar-refractivity contribution in [2.45, 2.75) is 50.0 Å². The van der Waals surface area contributed by atoms with Gasteiger partial charge in [0.15, 0.2) is 0 Å². The van der Waals surface area contributed by atoms with Gasteiger partial charge in [-0.25, -0.2) is 17.5 Å². The third-order valence-corrected chi connectivity index (χ3v) is 8.05. The molecule has 3 amide bonds. The van der Waals surface area contributed by atoms with Crippen molar-refractivity contribution in [1.29, 1.82) is 0 Å². The number of fused-ring (bicyclic) bond motifs is 3. The molecule has 4 bridgehead atoms. The number of cyclic esters (lactones) is 2. The molecule has 2 saturated heterocycles. The van der Waals surface area contributed by atoms with Gasteiger partial charge in [0.2, 0.25) is 11.8 Å². The molecule has 0 aliphatic carbocycles. The fraction of sp³-hybridized carbons (Fsp3) is 0.500. The summed E-state index contributed by atoms with van der Waals surface area (Å²) >= 11 is 0. The van der Waals surface area contributed by atoms with Gasteiger partial charge in [0, 0.05) is 18.4 Å². The van der Waals surface area contributed by atoms with Crippen molar-refractivity contribution in [3.63, 3.8) is 0 Å². The monoisotopic (exact) mass is 492 g/mol. The zero-order chi connectivity index (χ0) is 24.9. The Morgan fingerprint density at radius 1 is 0.971 bits per heavy atom. The first kappa shape index (κ1) is 23.9. The lowest BCUT2D eigenvalue weighted by atomic mass is 9.82. The molecule has 3 aliphatic rings. The van der Waals surface area contributed by atoms with Crippen LogP contribution < -0.4 is 0 Å². The van der Waals surface area contributed by atoms with Crippen molar-refractivity contribution >= 4 is 39.7 Å². The van der Waals surface area contributed by atoms with Gasteiger partial charge in [0.1, 0.15) is 5.54 Å². The Balaban J connectivity index is 1.85. The third-order valence-electron chi connectivity index (χ3n) is 6.21. The fourth-order valence-corrected chi connectivity index (χ4v) is 6.52. The molecule has 34 heavy (non-hydrogen) atoms. The minimum absolute atomic E-state index is 0.0389. The number of esters is 2. The van der Waals surface area contributed by atoms with Crippen molar-refractivity contribution in [3.05, 3.63) is 29.8 Å². The number of hydrogen-bond acceptors (Lipinski definition) is 9. The normalized spacial score (nSPS) is 27.2. The van der Waals surface area contributed by atoms with Gasteiger partial charge in [-0.3, -0.25) is 24.1 Å². The van der Waals surface area contributed by atoms with Gasteiger partial charge >= 0.3 is 11.9 Å². The summed E-state index contributed by atoms with van der Waals surface area (Å²) in [5.41, 5.74) is -3.28. The van der Waals surface area contributed by atoms with Crippen LogP contribution >= 0.6 is 0 Å². The number of sulfonamides is 1. The smallest absolute Gasteiger partial charge is 0.338 e. The van der Waals surface area contributed by atoms with Crippen LogP contribution in [0.5, 0.6) is 0 Å². The first-order valence-electron chi connectivity index (χ1n) is 10.8. The molecule has 1 atom stereocenters. The molecule has 1 aromatic rings. The van der Waals surface area contributed by atoms with Crippen molar-refractivity contribution in [2.75, 3.05) is 19.8 Å². The molecule has 0 N–H and O–H groups in total. The lowest BCUT2D eigenvalue weighted by Gasteiger charge is -2.31. The number of hydrogen-bond donors (Lipinski definition) is 0. The van der Waals surface area contributed by atoms with Crippen LogP contribution in [0.1, 0.15) is 49.9 Å². The van der Waals surface area contributed by atoms with Gasteiger partial charge in [0.05, 0.1) is 36.5 Å². The maximum absolute atomic E-state index is 13.7. The Hall–Kier alpha value is -3.28. The van der Waals surface area contributed by atoms with E-state index < -0.39 is 57.1 Å². The Kier molecular flexibility index (Phi) is 5.75. The van der Waals surface area contributed by atoms with E-state index in [0.29, 0.717) is 4.31 Å². The number of amides is 3. The second-order valence-corrected chi connectivity index (χ2v) is 11.0. The number of carbonyl (C=O) groups is 5. The number of benzene rings is 1. The highest BCUT2D eigenvalue weighted by molar-refractivity contribution is 7.89. The second kappa shape index (κ2) is 8.19. The highest BCUT2D eigenvalue weighted by Crippen LogP contribution is 2.50. The zero-order valence-corrected chi connectivity index (χ0v) is 19.6. The Labute approximate surface area is 196 Å². The van der Waals surface area contributed by atoms with Crippen molar-refractivity contribution in [1.82, 2.24) is 9.21 Å². The first-order chi connectivity index (χ1) is 15.9. The predicted octanol–water partition coefficient (Wildman–Crippen LogP) is 0.625. The van der Waals surface area contributed by atoms with Crippen LogP contribution in [-0.2, 0) is 38.7 Å². The highest BCUT2D eigenvalue weighted by Gasteiger charge is 2.68. The van der Waals surface area contributed by atoms with E-state index >= 15 is 0 Å². The Bertz CT molecular complexity index is 1210. The standard InChI is InChI=1S/C22H24N2O9S/c1-21(2)13-22-12-16(25)23(20(22)29)8-7-17(26)32-9-4-10-33-18(27)14-5-3-6-15(11-14)34(30,31)24(22)19(21)28/h3,5-6,11H,4,7-10,12-13H2,1-2H3. The topological polar surface area (TPSA) is 144 Å². The van der Waals surface area contributed by atoms with Crippen LogP contribution in [-0.4, -0.2) is 72.6 Å². The number of ether oxygens (including phenoxy) is 2. The van der Waals surface area contributed by atoms with Crippen LogP contribution in [0.4, 0.5) is 0 Å². The minimum atomic E-state index is -4.64. The van der Waals surface area contributed by atoms with E-state index in [-0.39, 0.29) is 49.5 Å². The van der Waals surface area contributed by atoms with E-state index in [9.17, 15) is 32.4 Å². The Morgan fingerprint density at radius 2 is 1.68 bits per heavy atom. The summed E-state index contributed by atoms with van der Waals surface area (Å²) < 4.78 is 38.1. The molecule has 11 nitrogen and oxygen atoms in total. The summed E-state index contributed by atoms with van der Waals surface area (Å²) in [5, 5.41) is 0. The first-order valence-corrected chi connectivity index (χ1v) is 12.2. The SMILES string of the molecule is CC1(C)CC23CC(=O)N(CCC(=O)OCCCOC(=O)c4cccc(c4)S(=O)(=O)N2C1=O)C3=O. The predicted molar refractivity (Wildman–Crippen MR) is 113 cm³/mol. The van der Waals surface area contributed by atoms with E-state index in [0.717, 1.165) is 11.0 Å². The molecule has 2 fully saturated rings. The molecule has 1 unspecified atom stereocenters. The zero-order valence-electron chi connectivity index (χ0n) is 18.7. The molecule has 12 heteroatoms. The summed E-state index contributed by atoms with van der Waals surface area (Å²) in [6.07, 6.45) is -0.821. The number of rotatable bonds is 0. The van der Waals surface area contributed by atoms with Crippen LogP contribution in [0.25, 0.3) is 0 Å². The molecular weight excluding hydrogens is 468 g/mol. The van der Waals surface area contributed by atoms with Crippen LogP contribution in [0, 0.1) is 5.41 Å². The van der Waals surface area contributed by atoms with Crippen molar-refractivity contribution in [2.24, 2.45) is 5.41 Å². The van der Waals surface area contributed by atoms with Crippen molar-refractivity contribution < 1.29 is 41.9 Å². The van der Waals surface area contributed by atoms with Gasteiger partial charge in [-0.1, -0.05) is 19.9 Å². The third kappa shape index (κ3) is 3.75. The summed E-state index contributed by atoms with van der Waals surface area (Å²) in [6, 6.07) is 4.96. The molecule has 0 radical (unpaired) electrons. The van der Waals surface area contributed by atoms with Crippen LogP contribution in [0.3, 0.4) is 0 Å². The lowest BCUT2D eigenvalue weighted by molar-refractivity contribution is -0.147. The maximum atomic E-state index is 13.7. The highest BCUT2D eigenvalue weighted by atomic mass is 32.2. The number of imide groups is 1. The van der Waals surface area contributed by atoms with Crippen molar-refractivity contribution in [3.8, 4) is 0 Å². The molecule has 1 spiro atoms. The molecule has 0 saturated carbocycles. The average molecular weight is 493 g/mol. The molecule has 4 rings (SSSR count). The molecule has 1 aromatic carbocycles. The second-order valence-electron chi connectivity index (χ2n) is 9.18. The number of nitrogens with zero attached hydrogens (tertiary/aromatic N) is 2. The van der Waals surface area contributed by atoms with E-state index in [1.165, 1.54) is 32.0 Å². The van der Waals surface area contributed by atoms with E-state index in [2.05, 4.69) is 0 Å². The largest absolute Gasteiger partial charge is 0.465 e. The van der Waals surface area contributed by atoms with E-state index in [1.54, 1.807) is 0 Å². The average Bonchev–Trinajstić information content (AvgIpc) is 3.12. The van der Waals surface area contributed by atoms with Gasteiger partial charge in [0.25, 0.3) is 15.9 Å². The van der Waals surface area contributed by atoms with Gasteiger partial charge < -0.3 is 9.47 Å². The van der Waals surface area contributed by atoms with Gasteiger partial charge in [-0.05, 0) is 24.6 Å². The molecule has 182 valence electrons. The van der Waals surface area contributed by atoms with Crippen LogP contribution in [0.15, 0.2) is 29.2 Å².